The average Bonchev–Trinajstić information content (AvgIpc) is 2.97. The summed E-state index contributed by atoms with van der Waals surface area (Å²) in [6.45, 7) is 1.79. The van der Waals surface area contributed by atoms with Crippen LogP contribution in [0, 0.1) is 6.92 Å². The molecular weight excluding hydrogens is 340 g/mol. The van der Waals surface area contributed by atoms with Crippen LogP contribution >= 0.6 is 11.6 Å². The SMILES string of the molecule is COc1ccccc1-c1nc(CC(=O)Nc2ccc(Cl)cc2)c(C)o1. The van der Waals surface area contributed by atoms with Crippen LogP contribution in [0.3, 0.4) is 0 Å². The molecule has 0 aliphatic heterocycles. The number of hydrogen-bond donors (Lipinski definition) is 1. The van der Waals surface area contributed by atoms with E-state index in [-0.39, 0.29) is 12.3 Å². The van der Waals surface area contributed by atoms with Crippen LogP contribution in [0.1, 0.15) is 11.5 Å². The topological polar surface area (TPSA) is 64.4 Å². The third-order valence-corrected chi connectivity index (χ3v) is 3.94. The molecule has 6 heteroatoms. The van der Waals surface area contributed by atoms with Gasteiger partial charge in [0.15, 0.2) is 0 Å². The second-order valence-corrected chi connectivity index (χ2v) is 5.89. The molecule has 0 fully saturated rings. The molecule has 0 saturated carbocycles. The number of amides is 1. The minimum absolute atomic E-state index is 0.118. The van der Waals surface area contributed by atoms with Crippen molar-refractivity contribution in [2.45, 2.75) is 13.3 Å². The number of aromatic nitrogens is 1. The summed E-state index contributed by atoms with van der Waals surface area (Å²) in [7, 11) is 1.59. The quantitative estimate of drug-likeness (QED) is 0.731. The zero-order valence-electron chi connectivity index (χ0n) is 13.9. The first-order valence-corrected chi connectivity index (χ1v) is 8.09. The molecule has 2 aromatic carbocycles. The molecule has 1 amide bonds. The highest BCUT2D eigenvalue weighted by molar-refractivity contribution is 6.30. The maximum atomic E-state index is 12.2. The summed E-state index contributed by atoms with van der Waals surface area (Å²) in [6.07, 6.45) is 0.118. The van der Waals surface area contributed by atoms with Crippen LogP contribution in [0.5, 0.6) is 5.75 Å². The summed E-state index contributed by atoms with van der Waals surface area (Å²) in [5.74, 6) is 1.53. The number of halogens is 1. The van der Waals surface area contributed by atoms with Gasteiger partial charge in [-0.1, -0.05) is 23.7 Å². The van der Waals surface area contributed by atoms with Gasteiger partial charge in [0.1, 0.15) is 11.5 Å². The van der Waals surface area contributed by atoms with Crippen molar-refractivity contribution in [2.75, 3.05) is 12.4 Å². The van der Waals surface area contributed by atoms with E-state index >= 15 is 0 Å². The number of hydrogen-bond acceptors (Lipinski definition) is 4. The monoisotopic (exact) mass is 356 g/mol. The fraction of sp³-hybridized carbons (Fsp3) is 0.158. The number of benzene rings is 2. The number of oxazole rings is 1. The van der Waals surface area contributed by atoms with Gasteiger partial charge in [0.25, 0.3) is 0 Å². The first kappa shape index (κ1) is 17.0. The Morgan fingerprint density at radius 3 is 2.64 bits per heavy atom. The van der Waals surface area contributed by atoms with Gasteiger partial charge in [-0.2, -0.15) is 0 Å². The number of carbonyl (C=O) groups excluding carboxylic acids is 1. The molecule has 0 aliphatic carbocycles. The van der Waals surface area contributed by atoms with Crippen molar-refractivity contribution in [3.8, 4) is 17.2 Å². The van der Waals surface area contributed by atoms with Crippen molar-refractivity contribution in [2.24, 2.45) is 0 Å². The van der Waals surface area contributed by atoms with Crippen LogP contribution in [0.2, 0.25) is 5.02 Å². The van der Waals surface area contributed by atoms with Gasteiger partial charge in [0, 0.05) is 10.7 Å². The fourth-order valence-corrected chi connectivity index (χ4v) is 2.55. The number of rotatable bonds is 5. The maximum Gasteiger partial charge on any atom is 0.230 e. The lowest BCUT2D eigenvalue weighted by molar-refractivity contribution is -0.115. The highest BCUT2D eigenvalue weighted by Crippen LogP contribution is 2.30. The molecule has 25 heavy (non-hydrogen) atoms. The summed E-state index contributed by atoms with van der Waals surface area (Å²) < 4.78 is 11.1. The second kappa shape index (κ2) is 7.40. The fourth-order valence-electron chi connectivity index (χ4n) is 2.42. The van der Waals surface area contributed by atoms with Crippen LogP contribution in [0.4, 0.5) is 5.69 Å². The van der Waals surface area contributed by atoms with Gasteiger partial charge in [-0.05, 0) is 43.3 Å². The number of nitrogens with one attached hydrogen (secondary N) is 1. The molecule has 3 aromatic rings. The summed E-state index contributed by atoms with van der Waals surface area (Å²) in [5, 5.41) is 3.43. The Balaban J connectivity index is 1.76. The minimum Gasteiger partial charge on any atom is -0.496 e. The van der Waals surface area contributed by atoms with E-state index in [1.54, 1.807) is 38.3 Å². The van der Waals surface area contributed by atoms with E-state index in [1.807, 2.05) is 24.3 Å². The molecule has 128 valence electrons. The smallest absolute Gasteiger partial charge is 0.230 e. The summed E-state index contributed by atoms with van der Waals surface area (Å²) >= 11 is 5.84. The number of ether oxygens (including phenoxy) is 1. The van der Waals surface area contributed by atoms with Crippen LogP contribution in [0.25, 0.3) is 11.5 Å². The van der Waals surface area contributed by atoms with Crippen molar-refractivity contribution >= 4 is 23.2 Å². The molecule has 1 N–H and O–H groups in total. The van der Waals surface area contributed by atoms with Gasteiger partial charge in [-0.15, -0.1) is 0 Å². The Morgan fingerprint density at radius 2 is 1.92 bits per heavy atom. The first-order valence-electron chi connectivity index (χ1n) is 7.72. The van der Waals surface area contributed by atoms with Crippen LogP contribution in [-0.2, 0) is 11.2 Å². The Morgan fingerprint density at radius 1 is 1.20 bits per heavy atom. The normalized spacial score (nSPS) is 10.5. The lowest BCUT2D eigenvalue weighted by Crippen LogP contribution is -2.15. The van der Waals surface area contributed by atoms with E-state index in [0.29, 0.717) is 33.8 Å². The number of aryl methyl sites for hydroxylation is 1. The maximum absolute atomic E-state index is 12.2. The zero-order chi connectivity index (χ0) is 17.8. The lowest BCUT2D eigenvalue weighted by Gasteiger charge is -2.04. The number of para-hydroxylation sites is 1. The molecule has 0 unspecified atom stereocenters. The third-order valence-electron chi connectivity index (χ3n) is 3.69. The van der Waals surface area contributed by atoms with Crippen molar-refractivity contribution in [1.29, 1.82) is 0 Å². The molecule has 0 atom stereocenters. The first-order chi connectivity index (χ1) is 12.1. The number of carbonyl (C=O) groups is 1. The molecule has 5 nitrogen and oxygen atoms in total. The Labute approximate surface area is 150 Å². The van der Waals surface area contributed by atoms with E-state index in [1.165, 1.54) is 0 Å². The molecule has 0 spiro atoms. The Bertz CT molecular complexity index is 888. The minimum atomic E-state index is -0.176. The van der Waals surface area contributed by atoms with Gasteiger partial charge in [0.05, 0.1) is 24.8 Å². The molecule has 1 aromatic heterocycles. The number of anilines is 1. The van der Waals surface area contributed by atoms with Gasteiger partial charge in [-0.25, -0.2) is 4.98 Å². The molecule has 0 aliphatic rings. The average molecular weight is 357 g/mol. The van der Waals surface area contributed by atoms with Crippen molar-refractivity contribution < 1.29 is 13.9 Å². The lowest BCUT2D eigenvalue weighted by atomic mass is 10.2. The number of nitrogens with zero attached hydrogens (tertiary/aromatic N) is 1. The predicted octanol–water partition coefficient (Wildman–Crippen LogP) is 4.49. The Hall–Kier alpha value is -2.79. The molecule has 0 saturated heterocycles. The van der Waals surface area contributed by atoms with Crippen molar-refractivity contribution in [3.63, 3.8) is 0 Å². The molecule has 0 bridgehead atoms. The third kappa shape index (κ3) is 4.00. The van der Waals surface area contributed by atoms with Crippen molar-refractivity contribution in [3.05, 3.63) is 65.0 Å². The predicted molar refractivity (Wildman–Crippen MR) is 97.0 cm³/mol. The summed E-state index contributed by atoms with van der Waals surface area (Å²) in [4.78, 5) is 16.7. The van der Waals surface area contributed by atoms with Crippen LogP contribution in [0.15, 0.2) is 52.9 Å². The molecular formula is C19H17ClN2O3. The van der Waals surface area contributed by atoms with E-state index in [4.69, 9.17) is 20.8 Å². The molecule has 0 radical (unpaired) electrons. The second-order valence-electron chi connectivity index (χ2n) is 5.45. The molecule has 1 heterocycles. The van der Waals surface area contributed by atoms with Gasteiger partial charge < -0.3 is 14.5 Å². The van der Waals surface area contributed by atoms with Crippen LogP contribution < -0.4 is 10.1 Å². The summed E-state index contributed by atoms with van der Waals surface area (Å²) in [6, 6.07) is 14.4. The van der Waals surface area contributed by atoms with Gasteiger partial charge in [-0.3, -0.25) is 4.79 Å². The van der Waals surface area contributed by atoms with Crippen molar-refractivity contribution in [1.82, 2.24) is 4.98 Å². The van der Waals surface area contributed by atoms with Crippen LogP contribution in [-0.4, -0.2) is 18.0 Å². The largest absolute Gasteiger partial charge is 0.496 e. The number of methoxy groups -OCH3 is 1. The standard InChI is InChI=1S/C19H17ClN2O3/c1-12-16(11-18(23)21-14-9-7-13(20)8-10-14)22-19(25-12)15-5-3-4-6-17(15)24-2/h3-10H,11H2,1-2H3,(H,21,23). The zero-order valence-corrected chi connectivity index (χ0v) is 14.6. The highest BCUT2D eigenvalue weighted by Gasteiger charge is 2.17. The highest BCUT2D eigenvalue weighted by atomic mass is 35.5. The van der Waals surface area contributed by atoms with E-state index in [2.05, 4.69) is 10.3 Å². The molecule has 3 rings (SSSR count). The van der Waals surface area contributed by atoms with E-state index < -0.39 is 0 Å². The van der Waals surface area contributed by atoms with Gasteiger partial charge >= 0.3 is 0 Å². The van der Waals surface area contributed by atoms with Gasteiger partial charge in [0.2, 0.25) is 11.8 Å². The Kier molecular flexibility index (Phi) is 5.05. The van der Waals surface area contributed by atoms with E-state index in [0.717, 1.165) is 5.56 Å². The van der Waals surface area contributed by atoms with E-state index in [9.17, 15) is 4.79 Å². The summed E-state index contributed by atoms with van der Waals surface area (Å²) in [5.41, 5.74) is 2.02.